The maximum Gasteiger partial charge on any atom is 0.0109 e. The molecular weight excluding hydrogens is 585 g/mol. The molecule has 0 heterocycles. The van der Waals surface area contributed by atoms with Gasteiger partial charge in [-0.05, 0) is 65.0 Å². The molecule has 0 aromatic rings. The largest absolute Gasteiger partial charge is 0.330 e. The minimum absolute atomic E-state index is 0.793. The maximum atomic E-state index is 5.85. The topological polar surface area (TPSA) is 58.5 Å². The van der Waals surface area contributed by atoms with Crippen molar-refractivity contribution < 1.29 is 0 Å². The van der Waals surface area contributed by atoms with Gasteiger partial charge in [0.25, 0.3) is 0 Å². The van der Waals surface area contributed by atoms with Gasteiger partial charge in [0.05, 0.1) is 0 Å². The zero-order valence-corrected chi connectivity index (χ0v) is 33.7. The van der Waals surface area contributed by atoms with Gasteiger partial charge < -0.3 is 21.3 Å². The third kappa shape index (κ3) is 38.6. The van der Waals surface area contributed by atoms with Crippen LogP contribution in [0.2, 0.25) is 0 Å². The first-order chi connectivity index (χ1) is 23.8. The molecule has 0 aromatic heterocycles. The van der Waals surface area contributed by atoms with Crippen LogP contribution in [0.25, 0.3) is 0 Å². The molecule has 4 heteroatoms. The highest BCUT2D eigenvalue weighted by atomic mass is 15.2. The Kier molecular flexibility index (Phi) is 42.9. The molecule has 0 fully saturated rings. The molecule has 0 saturated carbocycles. The summed E-state index contributed by atoms with van der Waals surface area (Å²) in [5, 5.41) is 0. The van der Waals surface area contributed by atoms with Crippen molar-refractivity contribution in [1.29, 1.82) is 0 Å². The van der Waals surface area contributed by atoms with Crippen molar-refractivity contribution in [2.45, 2.75) is 232 Å². The number of unbranched alkanes of at least 4 members (excludes halogenated alkanes) is 30. The Morgan fingerprint density at radius 3 is 0.625 bits per heavy atom. The van der Waals surface area contributed by atoms with Crippen molar-refractivity contribution in [2.75, 3.05) is 52.4 Å². The monoisotopic (exact) mass is 679 g/mol. The predicted molar refractivity (Wildman–Crippen MR) is 219 cm³/mol. The molecule has 4 nitrogen and oxygen atoms in total. The molecule has 0 atom stereocenters. The average Bonchev–Trinajstić information content (AvgIpc) is 3.10. The van der Waals surface area contributed by atoms with E-state index >= 15 is 0 Å². The fourth-order valence-corrected chi connectivity index (χ4v) is 7.35. The van der Waals surface area contributed by atoms with Gasteiger partial charge in [-0.25, -0.2) is 0 Å². The number of nitrogens with zero attached hydrogens (tertiary/aromatic N) is 2. The van der Waals surface area contributed by atoms with Crippen molar-refractivity contribution in [1.82, 2.24) is 9.80 Å². The first-order valence-electron chi connectivity index (χ1n) is 22.6. The summed E-state index contributed by atoms with van der Waals surface area (Å²) in [6, 6.07) is 0. The normalized spacial score (nSPS) is 11.9. The first kappa shape index (κ1) is 47.8. The number of rotatable bonds is 43. The van der Waals surface area contributed by atoms with E-state index in [9.17, 15) is 0 Å². The van der Waals surface area contributed by atoms with Gasteiger partial charge in [0, 0.05) is 13.1 Å². The summed E-state index contributed by atoms with van der Waals surface area (Å²) in [4.78, 5) is 5.42. The SMILES string of the molecule is CCCCCCCCCCCCCCCCCCN(CCCCCCCCCCCCCCCCCC)CCN(CCCN)CCCN. The van der Waals surface area contributed by atoms with Crippen molar-refractivity contribution in [3.8, 4) is 0 Å². The van der Waals surface area contributed by atoms with Crippen LogP contribution in [0.15, 0.2) is 0 Å². The summed E-state index contributed by atoms with van der Waals surface area (Å²) in [7, 11) is 0. The molecule has 0 rings (SSSR count). The van der Waals surface area contributed by atoms with Crippen LogP contribution in [0.4, 0.5) is 0 Å². The van der Waals surface area contributed by atoms with E-state index in [1.807, 2.05) is 0 Å². The lowest BCUT2D eigenvalue weighted by Crippen LogP contribution is -2.38. The third-order valence-corrected chi connectivity index (χ3v) is 10.7. The molecule has 0 saturated heterocycles. The summed E-state index contributed by atoms with van der Waals surface area (Å²) in [6.07, 6.45) is 48.5. The quantitative estimate of drug-likeness (QED) is 0.0630. The Labute approximate surface area is 305 Å². The van der Waals surface area contributed by atoms with Crippen LogP contribution in [0.3, 0.4) is 0 Å². The Morgan fingerprint density at radius 2 is 0.417 bits per heavy atom. The number of hydrogen-bond acceptors (Lipinski definition) is 4. The maximum absolute atomic E-state index is 5.85. The molecule has 48 heavy (non-hydrogen) atoms. The van der Waals surface area contributed by atoms with Crippen LogP contribution in [-0.2, 0) is 0 Å². The van der Waals surface area contributed by atoms with Crippen LogP contribution >= 0.6 is 0 Å². The molecule has 4 N–H and O–H groups in total. The molecule has 0 aromatic carbocycles. The number of nitrogens with two attached hydrogens (primary N) is 2. The molecule has 290 valence electrons. The van der Waals surface area contributed by atoms with Gasteiger partial charge >= 0.3 is 0 Å². The molecule has 0 aliphatic rings. The second-order valence-corrected chi connectivity index (χ2v) is 15.6. The van der Waals surface area contributed by atoms with Gasteiger partial charge in [-0.1, -0.05) is 206 Å². The lowest BCUT2D eigenvalue weighted by molar-refractivity contribution is 0.196. The van der Waals surface area contributed by atoms with Gasteiger partial charge in [-0.2, -0.15) is 0 Å². The smallest absolute Gasteiger partial charge is 0.0109 e. The van der Waals surface area contributed by atoms with Crippen molar-refractivity contribution >= 4 is 0 Å². The van der Waals surface area contributed by atoms with Gasteiger partial charge in [0.2, 0.25) is 0 Å². The van der Waals surface area contributed by atoms with Gasteiger partial charge in [-0.15, -0.1) is 0 Å². The third-order valence-electron chi connectivity index (χ3n) is 10.7. The molecule has 0 bridgehead atoms. The average molecular weight is 679 g/mol. The van der Waals surface area contributed by atoms with Gasteiger partial charge in [0.15, 0.2) is 0 Å². The van der Waals surface area contributed by atoms with Crippen molar-refractivity contribution in [3.05, 3.63) is 0 Å². The zero-order chi connectivity index (χ0) is 34.9. The summed E-state index contributed by atoms with van der Waals surface area (Å²) in [5.41, 5.74) is 11.7. The van der Waals surface area contributed by atoms with E-state index in [0.717, 1.165) is 39.0 Å². The predicted octanol–water partition coefficient (Wildman–Crippen LogP) is 12.8. The van der Waals surface area contributed by atoms with Crippen molar-refractivity contribution in [2.24, 2.45) is 11.5 Å². The second kappa shape index (κ2) is 43.0. The summed E-state index contributed by atoms with van der Waals surface area (Å²) >= 11 is 0. The van der Waals surface area contributed by atoms with Crippen LogP contribution < -0.4 is 11.5 Å². The first-order valence-corrected chi connectivity index (χ1v) is 22.6. The molecule has 0 aliphatic heterocycles. The summed E-state index contributed by atoms with van der Waals surface area (Å²) < 4.78 is 0. The zero-order valence-electron chi connectivity index (χ0n) is 33.7. The Bertz CT molecular complexity index is 512. The molecule has 0 radical (unpaired) electrons. The summed E-state index contributed by atoms with van der Waals surface area (Å²) in [6.45, 7) is 13.4. The Balaban J connectivity index is 4.01. The van der Waals surface area contributed by atoms with Crippen LogP contribution in [0.5, 0.6) is 0 Å². The van der Waals surface area contributed by atoms with E-state index in [4.69, 9.17) is 11.5 Å². The van der Waals surface area contributed by atoms with Gasteiger partial charge in [0.1, 0.15) is 0 Å². The molecule has 0 amide bonds. The van der Waals surface area contributed by atoms with Crippen LogP contribution in [0.1, 0.15) is 232 Å². The van der Waals surface area contributed by atoms with Crippen LogP contribution in [0, 0.1) is 0 Å². The molecular formula is C44H94N4. The minimum Gasteiger partial charge on any atom is -0.330 e. The molecule has 0 spiro atoms. The highest BCUT2D eigenvalue weighted by Gasteiger charge is 2.09. The molecule has 0 unspecified atom stereocenters. The van der Waals surface area contributed by atoms with Crippen LogP contribution in [-0.4, -0.2) is 62.2 Å². The lowest BCUT2D eigenvalue weighted by atomic mass is 10.0. The Morgan fingerprint density at radius 1 is 0.229 bits per heavy atom. The van der Waals surface area contributed by atoms with E-state index in [1.165, 1.54) is 232 Å². The van der Waals surface area contributed by atoms with E-state index in [2.05, 4.69) is 23.6 Å². The standard InChI is InChI=1S/C44H94N4/c1-3-5-7-9-11-13-15-17-19-21-23-25-27-29-31-33-39-47(43-44-48(41-35-37-45)42-36-38-46)40-34-32-30-28-26-24-22-20-18-16-14-12-10-8-6-4-2/h3-46H2,1-2H3. The Hall–Kier alpha value is -0.160. The number of hydrogen-bond donors (Lipinski definition) is 2. The van der Waals surface area contributed by atoms with E-state index in [1.54, 1.807) is 0 Å². The van der Waals surface area contributed by atoms with E-state index < -0.39 is 0 Å². The van der Waals surface area contributed by atoms with Crippen molar-refractivity contribution in [3.63, 3.8) is 0 Å². The van der Waals surface area contributed by atoms with E-state index in [-0.39, 0.29) is 0 Å². The second-order valence-electron chi connectivity index (χ2n) is 15.6. The fourth-order valence-electron chi connectivity index (χ4n) is 7.35. The van der Waals surface area contributed by atoms with Gasteiger partial charge in [-0.3, -0.25) is 0 Å². The molecule has 0 aliphatic carbocycles. The lowest BCUT2D eigenvalue weighted by Gasteiger charge is -2.28. The highest BCUT2D eigenvalue weighted by molar-refractivity contribution is 4.66. The fraction of sp³-hybridized carbons (Fsp3) is 1.00. The van der Waals surface area contributed by atoms with E-state index in [0.29, 0.717) is 0 Å². The minimum atomic E-state index is 0.793. The highest BCUT2D eigenvalue weighted by Crippen LogP contribution is 2.16. The summed E-state index contributed by atoms with van der Waals surface area (Å²) in [5.74, 6) is 0.